The molecule has 0 amide bonds. The molecule has 8 heteroatoms. The van der Waals surface area contributed by atoms with Crippen LogP contribution in [0.2, 0.25) is 0 Å². The van der Waals surface area contributed by atoms with E-state index < -0.39 is 10.0 Å². The summed E-state index contributed by atoms with van der Waals surface area (Å²) in [7, 11) is -3.85. The number of para-hydroxylation sites is 1. The van der Waals surface area contributed by atoms with Crippen molar-refractivity contribution < 1.29 is 17.3 Å². The maximum atomic E-state index is 12.6. The van der Waals surface area contributed by atoms with Gasteiger partial charge in [-0.2, -0.15) is 8.42 Å². The normalized spacial score (nSPS) is 11.8. The molecule has 0 aliphatic rings. The van der Waals surface area contributed by atoms with Gasteiger partial charge in [-0.25, -0.2) is 0 Å². The fraction of sp³-hybridized carbons (Fsp3) is 0.294. The molecule has 1 aromatic carbocycles. The summed E-state index contributed by atoms with van der Waals surface area (Å²) in [5.41, 5.74) is 1.43. The summed E-state index contributed by atoms with van der Waals surface area (Å²) in [6, 6.07) is 10.1. The van der Waals surface area contributed by atoms with Gasteiger partial charge < -0.3 is 8.83 Å². The van der Waals surface area contributed by atoms with Gasteiger partial charge in [-0.05, 0) is 30.2 Å². The predicted octanol–water partition coefficient (Wildman–Crippen LogP) is 3.82. The van der Waals surface area contributed by atoms with Gasteiger partial charge in [0.05, 0.1) is 5.69 Å². The first-order valence-electron chi connectivity index (χ1n) is 7.95. The number of aryl methyl sites for hydroxylation is 1. The number of hydrogen-bond donors (Lipinski definition) is 1. The van der Waals surface area contributed by atoms with Crippen LogP contribution in [0.3, 0.4) is 0 Å². The molecule has 3 rings (SSSR count). The quantitative estimate of drug-likeness (QED) is 0.717. The van der Waals surface area contributed by atoms with Crippen molar-refractivity contribution in [3.63, 3.8) is 0 Å². The highest BCUT2D eigenvalue weighted by Gasteiger charge is 2.22. The number of benzene rings is 1. The van der Waals surface area contributed by atoms with Gasteiger partial charge in [0.2, 0.25) is 11.0 Å². The Hall–Kier alpha value is -2.61. The Morgan fingerprint density at radius 3 is 2.52 bits per heavy atom. The molecule has 7 nitrogen and oxygen atoms in total. The Balaban J connectivity index is 1.87. The van der Waals surface area contributed by atoms with Crippen LogP contribution in [0, 0.1) is 0 Å². The van der Waals surface area contributed by atoms with E-state index in [-0.39, 0.29) is 22.7 Å². The molecular formula is C17H19N3O4S. The average molecular weight is 361 g/mol. The number of nitrogens with one attached hydrogen (secondary N) is 1. The molecule has 3 aromatic rings. The monoisotopic (exact) mass is 361 g/mol. The first kappa shape index (κ1) is 17.2. The second-order valence-electron chi connectivity index (χ2n) is 5.84. The van der Waals surface area contributed by atoms with Crippen molar-refractivity contribution in [1.82, 2.24) is 10.2 Å². The number of aromatic nitrogens is 2. The molecule has 0 fully saturated rings. The van der Waals surface area contributed by atoms with Crippen molar-refractivity contribution >= 4 is 15.7 Å². The van der Waals surface area contributed by atoms with Gasteiger partial charge in [-0.3, -0.25) is 4.72 Å². The zero-order chi connectivity index (χ0) is 18.0. The molecule has 25 heavy (non-hydrogen) atoms. The summed E-state index contributed by atoms with van der Waals surface area (Å²) in [6.07, 6.45) is 0.710. The van der Waals surface area contributed by atoms with Gasteiger partial charge in [-0.15, -0.1) is 10.2 Å². The minimum Gasteiger partial charge on any atom is -0.438 e. The molecule has 0 unspecified atom stereocenters. The smallest absolute Gasteiger partial charge is 0.295 e. The third kappa shape index (κ3) is 3.58. The van der Waals surface area contributed by atoms with E-state index in [1.54, 1.807) is 12.1 Å². The largest absolute Gasteiger partial charge is 0.438 e. The molecule has 0 atom stereocenters. The summed E-state index contributed by atoms with van der Waals surface area (Å²) < 4.78 is 38.6. The number of sulfonamides is 1. The third-order valence-electron chi connectivity index (χ3n) is 3.63. The summed E-state index contributed by atoms with van der Waals surface area (Å²) in [5.74, 6) is 0.903. The number of nitrogens with zero attached hydrogens (tertiary/aromatic N) is 2. The van der Waals surface area contributed by atoms with Crippen LogP contribution >= 0.6 is 0 Å². The van der Waals surface area contributed by atoms with Crippen LogP contribution in [0.5, 0.6) is 0 Å². The molecule has 132 valence electrons. The van der Waals surface area contributed by atoms with E-state index >= 15 is 0 Å². The lowest BCUT2D eigenvalue weighted by Crippen LogP contribution is -2.13. The molecule has 0 aliphatic heterocycles. The molecule has 2 heterocycles. The fourth-order valence-electron chi connectivity index (χ4n) is 2.27. The Labute approximate surface area is 146 Å². The number of furan rings is 1. The summed E-state index contributed by atoms with van der Waals surface area (Å²) in [6.45, 7) is 5.80. The first-order valence-corrected chi connectivity index (χ1v) is 9.43. The van der Waals surface area contributed by atoms with E-state index in [1.165, 1.54) is 12.1 Å². The molecule has 2 aromatic heterocycles. The van der Waals surface area contributed by atoms with Crippen molar-refractivity contribution in [1.29, 1.82) is 0 Å². The molecule has 0 saturated carbocycles. The number of hydrogen-bond acceptors (Lipinski definition) is 6. The maximum Gasteiger partial charge on any atom is 0.295 e. The molecule has 0 spiro atoms. The van der Waals surface area contributed by atoms with Crippen LogP contribution in [-0.4, -0.2) is 18.6 Å². The summed E-state index contributed by atoms with van der Waals surface area (Å²) >= 11 is 0. The lowest BCUT2D eigenvalue weighted by atomic mass is 10.1. The second kappa shape index (κ2) is 6.72. The molecule has 0 bridgehead atoms. The third-order valence-corrected chi connectivity index (χ3v) is 4.87. The van der Waals surface area contributed by atoms with Crippen LogP contribution in [-0.2, 0) is 16.4 Å². The van der Waals surface area contributed by atoms with Gasteiger partial charge in [0.25, 0.3) is 15.9 Å². The SMILES string of the molecule is CCc1ccccc1NS(=O)(=O)c1ccc(-c2nnc(C(C)C)o2)o1. The molecule has 0 aliphatic carbocycles. The van der Waals surface area contributed by atoms with Crippen LogP contribution in [0.25, 0.3) is 11.7 Å². The molecule has 1 N–H and O–H groups in total. The number of rotatable bonds is 6. The van der Waals surface area contributed by atoms with E-state index in [4.69, 9.17) is 8.83 Å². The zero-order valence-electron chi connectivity index (χ0n) is 14.2. The van der Waals surface area contributed by atoms with Crippen LogP contribution in [0.1, 0.15) is 38.1 Å². The van der Waals surface area contributed by atoms with Crippen LogP contribution < -0.4 is 4.72 Å². The van der Waals surface area contributed by atoms with Gasteiger partial charge in [0.15, 0.2) is 5.76 Å². The highest BCUT2D eigenvalue weighted by atomic mass is 32.2. The van der Waals surface area contributed by atoms with Crippen molar-refractivity contribution in [2.24, 2.45) is 0 Å². The van der Waals surface area contributed by atoms with Crippen LogP contribution in [0.15, 0.2) is 50.3 Å². The second-order valence-corrected chi connectivity index (χ2v) is 7.45. The topological polar surface area (TPSA) is 98.2 Å². The average Bonchev–Trinajstić information content (AvgIpc) is 3.24. The first-order chi connectivity index (χ1) is 11.9. The van der Waals surface area contributed by atoms with Crippen LogP contribution in [0.4, 0.5) is 5.69 Å². The van der Waals surface area contributed by atoms with Crippen molar-refractivity contribution in [2.45, 2.75) is 38.2 Å². The van der Waals surface area contributed by atoms with Gasteiger partial charge in [0.1, 0.15) is 0 Å². The lowest BCUT2D eigenvalue weighted by molar-refractivity contribution is 0.429. The van der Waals surface area contributed by atoms with Gasteiger partial charge in [-0.1, -0.05) is 39.0 Å². The molecule has 0 saturated heterocycles. The van der Waals surface area contributed by atoms with Gasteiger partial charge in [0, 0.05) is 5.92 Å². The Morgan fingerprint density at radius 1 is 1.08 bits per heavy atom. The maximum absolute atomic E-state index is 12.6. The zero-order valence-corrected chi connectivity index (χ0v) is 15.0. The predicted molar refractivity (Wildman–Crippen MR) is 92.7 cm³/mol. The van der Waals surface area contributed by atoms with E-state index in [0.717, 1.165) is 5.56 Å². The van der Waals surface area contributed by atoms with Crippen molar-refractivity contribution in [3.8, 4) is 11.7 Å². The Morgan fingerprint density at radius 2 is 1.84 bits per heavy atom. The van der Waals surface area contributed by atoms with E-state index in [2.05, 4.69) is 14.9 Å². The number of anilines is 1. The molecule has 0 radical (unpaired) electrons. The highest BCUT2D eigenvalue weighted by Crippen LogP contribution is 2.27. The summed E-state index contributed by atoms with van der Waals surface area (Å²) in [5, 5.41) is 7.59. The standard InChI is InChI=1S/C17H19N3O4S/c1-4-12-7-5-6-8-13(12)20-25(21,22)15-10-9-14(23-15)17-19-18-16(24-17)11(2)3/h5-11,20H,4H2,1-3H3. The van der Waals surface area contributed by atoms with E-state index in [9.17, 15) is 8.42 Å². The highest BCUT2D eigenvalue weighted by molar-refractivity contribution is 7.92. The van der Waals surface area contributed by atoms with E-state index in [0.29, 0.717) is 18.0 Å². The van der Waals surface area contributed by atoms with Crippen molar-refractivity contribution in [2.75, 3.05) is 4.72 Å². The Kier molecular flexibility index (Phi) is 4.63. The minimum atomic E-state index is -3.85. The Bertz CT molecular complexity index is 973. The van der Waals surface area contributed by atoms with E-state index in [1.807, 2.05) is 32.9 Å². The molecular weight excluding hydrogens is 342 g/mol. The van der Waals surface area contributed by atoms with Crippen molar-refractivity contribution in [3.05, 3.63) is 47.9 Å². The minimum absolute atomic E-state index is 0.0756. The fourth-order valence-corrected chi connectivity index (χ4v) is 3.31. The lowest BCUT2D eigenvalue weighted by Gasteiger charge is -2.09. The van der Waals surface area contributed by atoms with Gasteiger partial charge >= 0.3 is 0 Å². The summed E-state index contributed by atoms with van der Waals surface area (Å²) in [4.78, 5) is 0.